The van der Waals surface area contributed by atoms with Gasteiger partial charge in [0.05, 0.1) is 17.1 Å². The average Bonchev–Trinajstić information content (AvgIpc) is 3.86. The molecule has 2 nitrogen and oxygen atoms in total. The van der Waals surface area contributed by atoms with Crippen molar-refractivity contribution in [2.75, 3.05) is 4.90 Å². The number of ether oxygens (including phenoxy) is 1. The van der Waals surface area contributed by atoms with Gasteiger partial charge in [-0.2, -0.15) is 0 Å². The van der Waals surface area contributed by atoms with Crippen LogP contribution in [-0.4, -0.2) is 6.04 Å². The van der Waals surface area contributed by atoms with Crippen LogP contribution in [0.15, 0.2) is 182 Å². The number of allylic oxidation sites excluding steroid dienone is 2. The van der Waals surface area contributed by atoms with Crippen molar-refractivity contribution in [2.45, 2.75) is 35.6 Å². The normalized spacial score (nSPS) is 21.8. The Morgan fingerprint density at radius 3 is 2.04 bits per heavy atom. The van der Waals surface area contributed by atoms with Crippen LogP contribution in [0.25, 0.3) is 43.8 Å². The molecule has 56 heavy (non-hydrogen) atoms. The summed E-state index contributed by atoms with van der Waals surface area (Å²) in [5.41, 5.74) is 17.7. The van der Waals surface area contributed by atoms with E-state index < -0.39 is 0 Å². The number of anilines is 2. The Balaban J connectivity index is 0.935. The largest absolute Gasteiger partial charge is 0.457 e. The number of hydrogen-bond acceptors (Lipinski definition) is 2. The molecule has 1 heterocycles. The third-order valence-electron chi connectivity index (χ3n) is 14.2. The molecule has 3 unspecified atom stereocenters. The van der Waals surface area contributed by atoms with Gasteiger partial charge in [-0.1, -0.05) is 133 Å². The molecule has 1 aliphatic heterocycles. The molecule has 1 fully saturated rings. The molecule has 0 aromatic heterocycles. The van der Waals surface area contributed by atoms with Crippen molar-refractivity contribution < 1.29 is 4.74 Å². The van der Waals surface area contributed by atoms with Crippen molar-refractivity contribution in [3.63, 3.8) is 0 Å². The van der Waals surface area contributed by atoms with Crippen LogP contribution in [0.4, 0.5) is 11.4 Å². The molecule has 0 saturated heterocycles. The standard InChI is InChI=1S/C54H35NO/c1-2-15-37-35(13-1)38-30-44-39(36-14-3-4-16-41(36)54(44)42-17-9-11-31-23-24-32-12-10-18-43(54)50(32)49(31)42)29-40(38)53-51(52(37)53)33-25-27-34(28-26-33)55-45-19-5-7-21-47(45)56-48-22-8-6-20-46(48)55/h1-19,21-30,46,51-53H,20H2/t46?,51-,52?,53?/m0/s1. The Morgan fingerprint density at radius 1 is 0.518 bits per heavy atom. The van der Waals surface area contributed by atoms with Gasteiger partial charge in [0, 0.05) is 5.69 Å². The quantitative estimate of drug-likeness (QED) is 0.165. The zero-order valence-corrected chi connectivity index (χ0v) is 30.6. The van der Waals surface area contributed by atoms with Gasteiger partial charge in [-0.15, -0.1) is 0 Å². The maximum absolute atomic E-state index is 6.39. The lowest BCUT2D eigenvalue weighted by Crippen LogP contribution is -2.38. The second-order valence-corrected chi connectivity index (χ2v) is 16.6. The van der Waals surface area contributed by atoms with Crippen LogP contribution in [0.3, 0.4) is 0 Å². The summed E-state index contributed by atoms with van der Waals surface area (Å²) in [5, 5.41) is 5.49. The van der Waals surface area contributed by atoms with E-state index in [1.807, 2.05) is 0 Å². The van der Waals surface area contributed by atoms with Gasteiger partial charge in [0.25, 0.3) is 0 Å². The molecule has 8 aromatic carbocycles. The van der Waals surface area contributed by atoms with Crippen LogP contribution < -0.4 is 9.64 Å². The minimum atomic E-state index is -0.352. The summed E-state index contributed by atoms with van der Waals surface area (Å²) in [4.78, 5) is 2.47. The summed E-state index contributed by atoms with van der Waals surface area (Å²) in [6.07, 6.45) is 7.42. The van der Waals surface area contributed by atoms with E-state index in [4.69, 9.17) is 4.74 Å². The first-order valence-corrected chi connectivity index (χ1v) is 20.1. The second kappa shape index (κ2) is 10.4. The number of fused-ring (bicyclic) bond motifs is 15. The van der Waals surface area contributed by atoms with Crippen molar-refractivity contribution >= 4 is 32.9 Å². The number of benzene rings is 8. The first-order valence-electron chi connectivity index (χ1n) is 20.1. The molecular formula is C54H35NO. The van der Waals surface area contributed by atoms with Gasteiger partial charge in [-0.05, 0) is 149 Å². The fraction of sp³-hybridized carbons (Fsp3) is 0.111. The minimum absolute atomic E-state index is 0.155. The summed E-state index contributed by atoms with van der Waals surface area (Å²) >= 11 is 0. The Labute approximate surface area is 325 Å². The Hall–Kier alpha value is -6.64. The first kappa shape index (κ1) is 29.7. The van der Waals surface area contributed by atoms with Crippen molar-refractivity contribution in [2.24, 2.45) is 0 Å². The lowest BCUT2D eigenvalue weighted by atomic mass is 9.69. The van der Waals surface area contributed by atoms with Crippen LogP contribution in [0.1, 0.15) is 63.1 Å². The molecule has 262 valence electrons. The Morgan fingerprint density at radius 2 is 1.21 bits per heavy atom. The maximum atomic E-state index is 6.39. The average molecular weight is 714 g/mol. The summed E-state index contributed by atoms with van der Waals surface area (Å²) in [6.45, 7) is 0. The van der Waals surface area contributed by atoms with E-state index in [0.29, 0.717) is 17.8 Å². The fourth-order valence-corrected chi connectivity index (χ4v) is 12.0. The number of nitrogens with zero attached hydrogens (tertiary/aromatic N) is 1. The minimum Gasteiger partial charge on any atom is -0.457 e. The molecular weight excluding hydrogens is 679 g/mol. The van der Waals surface area contributed by atoms with Gasteiger partial charge < -0.3 is 9.64 Å². The zero-order valence-electron chi connectivity index (χ0n) is 30.6. The Kier molecular flexibility index (Phi) is 5.49. The molecule has 1 spiro atoms. The van der Waals surface area contributed by atoms with E-state index in [2.05, 4.69) is 181 Å². The van der Waals surface area contributed by atoms with E-state index in [1.165, 1.54) is 88.4 Å². The van der Waals surface area contributed by atoms with Gasteiger partial charge >= 0.3 is 0 Å². The fourth-order valence-electron chi connectivity index (χ4n) is 12.0. The van der Waals surface area contributed by atoms with Crippen LogP contribution in [0, 0.1) is 0 Å². The molecule has 8 aromatic rings. The van der Waals surface area contributed by atoms with E-state index in [9.17, 15) is 0 Å². The first-order chi connectivity index (χ1) is 27.8. The number of hydrogen-bond donors (Lipinski definition) is 0. The van der Waals surface area contributed by atoms with Crippen molar-refractivity contribution in [1.29, 1.82) is 0 Å². The molecule has 2 heteroatoms. The van der Waals surface area contributed by atoms with Gasteiger partial charge in [0.2, 0.25) is 0 Å². The smallest absolute Gasteiger partial charge is 0.150 e. The van der Waals surface area contributed by atoms with E-state index in [0.717, 1.165) is 23.6 Å². The third kappa shape index (κ3) is 3.51. The summed E-state index contributed by atoms with van der Waals surface area (Å²) in [6, 6.07) is 60.5. The van der Waals surface area contributed by atoms with Crippen molar-refractivity contribution in [3.05, 3.63) is 221 Å². The molecule has 0 amide bonds. The molecule has 5 aliphatic carbocycles. The number of para-hydroxylation sites is 2. The molecule has 4 atom stereocenters. The van der Waals surface area contributed by atoms with Crippen LogP contribution in [0.5, 0.6) is 5.75 Å². The van der Waals surface area contributed by atoms with E-state index >= 15 is 0 Å². The van der Waals surface area contributed by atoms with Gasteiger partial charge in [0.15, 0.2) is 5.75 Å². The second-order valence-electron chi connectivity index (χ2n) is 16.6. The lowest BCUT2D eigenvalue weighted by molar-refractivity contribution is 0.360. The zero-order chi connectivity index (χ0) is 36.3. The highest BCUT2D eigenvalue weighted by atomic mass is 16.5. The van der Waals surface area contributed by atoms with Crippen molar-refractivity contribution in [3.8, 4) is 28.0 Å². The SMILES string of the molecule is C1=CCC2C(=C1)Oc1ccccc1N2c1ccc([C@H]2C3c4ccccc4-c4cc5c(cc4C32)-c2ccccc2C52c3cccc4ccc5cccc2c5c34)cc1. The highest BCUT2D eigenvalue weighted by Gasteiger charge is 2.58. The molecule has 1 saturated carbocycles. The molecule has 0 bridgehead atoms. The topological polar surface area (TPSA) is 12.5 Å². The summed E-state index contributed by atoms with van der Waals surface area (Å²) in [7, 11) is 0. The van der Waals surface area contributed by atoms with Crippen molar-refractivity contribution in [1.82, 2.24) is 0 Å². The van der Waals surface area contributed by atoms with Gasteiger partial charge in [0.1, 0.15) is 5.76 Å². The summed E-state index contributed by atoms with van der Waals surface area (Å²) < 4.78 is 6.39. The van der Waals surface area contributed by atoms with E-state index in [-0.39, 0.29) is 11.5 Å². The third-order valence-corrected chi connectivity index (χ3v) is 14.2. The molecule has 0 N–H and O–H groups in total. The predicted octanol–water partition coefficient (Wildman–Crippen LogP) is 13.1. The maximum Gasteiger partial charge on any atom is 0.150 e. The molecule has 14 rings (SSSR count). The molecule has 6 aliphatic rings. The van der Waals surface area contributed by atoms with Crippen LogP contribution >= 0.6 is 0 Å². The van der Waals surface area contributed by atoms with Gasteiger partial charge in [-0.3, -0.25) is 0 Å². The lowest BCUT2D eigenvalue weighted by Gasteiger charge is -2.40. The van der Waals surface area contributed by atoms with E-state index in [1.54, 1.807) is 0 Å². The number of rotatable bonds is 2. The van der Waals surface area contributed by atoms with Gasteiger partial charge in [-0.25, -0.2) is 0 Å². The molecule has 0 radical (unpaired) electrons. The van der Waals surface area contributed by atoms with Crippen LogP contribution in [-0.2, 0) is 5.41 Å². The Bertz CT molecular complexity index is 3070. The van der Waals surface area contributed by atoms with Crippen LogP contribution in [0.2, 0.25) is 0 Å². The predicted molar refractivity (Wildman–Crippen MR) is 227 cm³/mol. The highest BCUT2D eigenvalue weighted by molar-refractivity contribution is 6.17. The monoisotopic (exact) mass is 713 g/mol. The highest BCUT2D eigenvalue weighted by Crippen LogP contribution is 2.73. The summed E-state index contributed by atoms with van der Waals surface area (Å²) in [5.74, 6) is 3.27.